The molecule has 1 N–H and O–H groups in total. The number of nitrogens with one attached hydrogen (secondary N) is 1. The molecule has 2 aliphatic heterocycles. The summed E-state index contributed by atoms with van der Waals surface area (Å²) < 4.78 is 23.8. The lowest BCUT2D eigenvalue weighted by molar-refractivity contribution is 0.601. The zero-order chi connectivity index (χ0) is 14.6. The van der Waals surface area contributed by atoms with Gasteiger partial charge in [-0.15, -0.1) is 0 Å². The van der Waals surface area contributed by atoms with Gasteiger partial charge in [-0.25, -0.2) is 8.42 Å². The Morgan fingerprint density at radius 3 is 2.71 bits per heavy atom. The Bertz CT molecular complexity index is 842. The lowest BCUT2D eigenvalue weighted by atomic mass is 10.1. The second-order valence-corrected chi connectivity index (χ2v) is 8.86. The Labute approximate surface area is 127 Å². The fraction of sp³-hybridized carbons (Fsp3) is 0.267. The van der Waals surface area contributed by atoms with Crippen LogP contribution in [0.5, 0.6) is 0 Å². The topological polar surface area (TPSA) is 61.2 Å². The Morgan fingerprint density at radius 1 is 1.10 bits per heavy atom. The van der Waals surface area contributed by atoms with Crippen LogP contribution in [-0.4, -0.2) is 36.4 Å². The molecule has 0 unspecified atom stereocenters. The van der Waals surface area contributed by atoms with Crippen LogP contribution in [0.15, 0.2) is 42.5 Å². The van der Waals surface area contributed by atoms with Crippen molar-refractivity contribution in [3.8, 4) is 0 Å². The lowest BCUT2D eigenvalue weighted by Crippen LogP contribution is -2.37. The molecule has 0 aromatic heterocycles. The van der Waals surface area contributed by atoms with E-state index in [-0.39, 0.29) is 22.8 Å². The molecule has 2 aromatic carbocycles. The van der Waals surface area contributed by atoms with Crippen LogP contribution in [0.4, 0.5) is 5.69 Å². The molecule has 0 radical (unpaired) electrons. The third kappa shape index (κ3) is 2.05. The van der Waals surface area contributed by atoms with Crippen LogP contribution < -0.4 is 4.90 Å². The molecule has 6 heteroatoms. The number of hydrogen-bond donors (Lipinski definition) is 1. The Balaban J connectivity index is 1.86. The van der Waals surface area contributed by atoms with Crippen molar-refractivity contribution in [3.63, 3.8) is 0 Å². The van der Waals surface area contributed by atoms with Crippen molar-refractivity contribution < 1.29 is 8.42 Å². The molecule has 0 bridgehead atoms. The second-order valence-electron chi connectivity index (χ2n) is 5.47. The maximum Gasteiger partial charge on any atom is 0.161 e. The predicted octanol–water partition coefficient (Wildman–Crippen LogP) is 2.49. The van der Waals surface area contributed by atoms with Gasteiger partial charge in [-0.2, -0.15) is 0 Å². The maximum atomic E-state index is 11.9. The summed E-state index contributed by atoms with van der Waals surface area (Å²) in [5, 5.41) is 10.9. The Kier molecular flexibility index (Phi) is 2.81. The van der Waals surface area contributed by atoms with Crippen LogP contribution in [0.2, 0.25) is 0 Å². The van der Waals surface area contributed by atoms with Crippen molar-refractivity contribution >= 4 is 43.2 Å². The number of anilines is 1. The highest BCUT2D eigenvalue weighted by atomic mass is 32.2. The molecule has 21 heavy (non-hydrogen) atoms. The average Bonchev–Trinajstić information content (AvgIpc) is 2.88. The smallest absolute Gasteiger partial charge is 0.161 e. The summed E-state index contributed by atoms with van der Waals surface area (Å²) in [6.45, 7) is 0. The normalized spacial score (nSPS) is 27.2. The maximum absolute atomic E-state index is 11.9. The van der Waals surface area contributed by atoms with Crippen LogP contribution in [0.1, 0.15) is 0 Å². The van der Waals surface area contributed by atoms with E-state index in [9.17, 15) is 8.42 Å². The number of sulfone groups is 1. The van der Waals surface area contributed by atoms with Gasteiger partial charge in [0.2, 0.25) is 0 Å². The Morgan fingerprint density at radius 2 is 1.86 bits per heavy atom. The second kappa shape index (κ2) is 4.48. The van der Waals surface area contributed by atoms with E-state index in [1.165, 1.54) is 11.8 Å². The van der Waals surface area contributed by atoms with Crippen molar-refractivity contribution in [1.82, 2.24) is 0 Å². The summed E-state index contributed by atoms with van der Waals surface area (Å²) >= 11 is 1.38. The number of benzene rings is 2. The summed E-state index contributed by atoms with van der Waals surface area (Å²) in [7, 11) is -2.98. The summed E-state index contributed by atoms with van der Waals surface area (Å²) in [4.78, 5) is 1.90. The third-order valence-electron chi connectivity index (χ3n) is 4.11. The van der Waals surface area contributed by atoms with Crippen LogP contribution in [0.25, 0.3) is 10.8 Å². The van der Waals surface area contributed by atoms with Gasteiger partial charge in [-0.05, 0) is 11.5 Å². The first-order valence-electron chi connectivity index (χ1n) is 6.78. The zero-order valence-corrected chi connectivity index (χ0v) is 12.8. The molecule has 2 aromatic rings. The molecule has 0 amide bonds. The summed E-state index contributed by atoms with van der Waals surface area (Å²) in [6.07, 6.45) is 0. The standard InChI is InChI=1S/C15H14N2O2S2/c16-15-17(13-8-21(18,19)9-14(13)20-15)12-7-3-5-10-4-1-2-6-11(10)12/h1-7,13-14,16H,8-9H2/t13-,14-/m0/s1. The summed E-state index contributed by atoms with van der Waals surface area (Å²) in [5.41, 5.74) is 0.940. The molecule has 2 heterocycles. The first kappa shape index (κ1) is 13.2. The lowest BCUT2D eigenvalue weighted by Gasteiger charge is -2.25. The minimum Gasteiger partial charge on any atom is -0.316 e. The van der Waals surface area contributed by atoms with E-state index >= 15 is 0 Å². The van der Waals surface area contributed by atoms with Gasteiger partial charge >= 0.3 is 0 Å². The van der Waals surface area contributed by atoms with Crippen molar-refractivity contribution in [1.29, 1.82) is 5.41 Å². The first-order chi connectivity index (χ1) is 10.1. The van der Waals surface area contributed by atoms with Gasteiger partial charge in [0.1, 0.15) is 0 Å². The fourth-order valence-electron chi connectivity index (χ4n) is 3.21. The van der Waals surface area contributed by atoms with E-state index < -0.39 is 9.84 Å². The highest BCUT2D eigenvalue weighted by Crippen LogP contribution is 2.42. The van der Waals surface area contributed by atoms with Gasteiger partial charge in [-0.3, -0.25) is 5.41 Å². The van der Waals surface area contributed by atoms with E-state index in [2.05, 4.69) is 0 Å². The number of fused-ring (bicyclic) bond motifs is 2. The van der Waals surface area contributed by atoms with Gasteiger partial charge in [0.25, 0.3) is 0 Å². The van der Waals surface area contributed by atoms with Gasteiger partial charge in [0.15, 0.2) is 15.0 Å². The molecular formula is C15H14N2O2S2. The molecule has 4 nitrogen and oxygen atoms in total. The highest BCUT2D eigenvalue weighted by molar-refractivity contribution is 8.15. The number of amidine groups is 1. The van der Waals surface area contributed by atoms with E-state index in [1.54, 1.807) is 0 Å². The number of nitrogens with zero attached hydrogens (tertiary/aromatic N) is 1. The van der Waals surface area contributed by atoms with Gasteiger partial charge < -0.3 is 4.90 Å². The third-order valence-corrected chi connectivity index (χ3v) is 7.24. The monoisotopic (exact) mass is 318 g/mol. The van der Waals surface area contributed by atoms with Crippen LogP contribution in [0.3, 0.4) is 0 Å². The quantitative estimate of drug-likeness (QED) is 0.877. The molecule has 0 aliphatic carbocycles. The number of hydrogen-bond acceptors (Lipinski definition) is 4. The minimum absolute atomic E-state index is 0.0125. The van der Waals surface area contributed by atoms with Crippen molar-refractivity contribution in [2.45, 2.75) is 11.3 Å². The van der Waals surface area contributed by atoms with E-state index in [0.29, 0.717) is 5.17 Å². The molecule has 2 fully saturated rings. The Hall–Kier alpha value is -1.53. The average molecular weight is 318 g/mol. The molecule has 108 valence electrons. The fourth-order valence-corrected chi connectivity index (χ4v) is 6.99. The van der Waals surface area contributed by atoms with E-state index in [1.807, 2.05) is 47.4 Å². The molecule has 2 atom stereocenters. The zero-order valence-electron chi connectivity index (χ0n) is 11.2. The molecule has 4 rings (SSSR count). The van der Waals surface area contributed by atoms with Gasteiger partial charge in [-0.1, -0.05) is 48.2 Å². The SMILES string of the molecule is N=C1S[C@H]2CS(=O)(=O)C[C@@H]2N1c1cccc2ccccc12. The van der Waals surface area contributed by atoms with E-state index in [4.69, 9.17) is 5.41 Å². The van der Waals surface area contributed by atoms with Crippen LogP contribution in [-0.2, 0) is 9.84 Å². The molecule has 2 aliphatic rings. The van der Waals surface area contributed by atoms with E-state index in [0.717, 1.165) is 16.5 Å². The van der Waals surface area contributed by atoms with Crippen LogP contribution >= 0.6 is 11.8 Å². The largest absolute Gasteiger partial charge is 0.316 e. The van der Waals surface area contributed by atoms with Gasteiger partial charge in [0, 0.05) is 10.6 Å². The molecular weight excluding hydrogens is 304 g/mol. The first-order valence-corrected chi connectivity index (χ1v) is 9.48. The molecule has 0 saturated carbocycles. The highest BCUT2D eigenvalue weighted by Gasteiger charge is 2.48. The summed E-state index contributed by atoms with van der Waals surface area (Å²) in [6, 6.07) is 13.9. The van der Waals surface area contributed by atoms with Crippen molar-refractivity contribution in [2.75, 3.05) is 16.4 Å². The molecule has 2 saturated heterocycles. The van der Waals surface area contributed by atoms with Gasteiger partial charge in [0.05, 0.1) is 23.2 Å². The van der Waals surface area contributed by atoms with Crippen molar-refractivity contribution in [3.05, 3.63) is 42.5 Å². The number of thioether (sulfide) groups is 1. The summed E-state index contributed by atoms with van der Waals surface area (Å²) in [5.74, 6) is 0.336. The van der Waals surface area contributed by atoms with Crippen molar-refractivity contribution in [2.24, 2.45) is 0 Å². The minimum atomic E-state index is -2.98. The number of rotatable bonds is 1. The molecule has 0 spiro atoms. The van der Waals surface area contributed by atoms with Crippen LogP contribution in [0, 0.1) is 5.41 Å². The predicted molar refractivity (Wildman–Crippen MR) is 88.0 cm³/mol.